The van der Waals surface area contributed by atoms with Gasteiger partial charge in [0.1, 0.15) is 0 Å². The highest BCUT2D eigenvalue weighted by Crippen LogP contribution is 2.16. The summed E-state index contributed by atoms with van der Waals surface area (Å²) in [5, 5.41) is 0. The molecule has 120 valence electrons. The van der Waals surface area contributed by atoms with Crippen molar-refractivity contribution in [1.82, 2.24) is 0 Å². The lowest BCUT2D eigenvalue weighted by molar-refractivity contribution is -0.154. The van der Waals surface area contributed by atoms with E-state index < -0.39 is 23.3 Å². The number of esters is 3. The molecule has 0 N–H and O–H groups in total. The molecule has 0 aliphatic rings. The standard InChI is InChI=1S/C15H24O6/c1-5-9-19-13(17)7-8-14(18)21-11-15(3,4)10-20-12(16)6-2/h6H,2,5,7-11H2,1,3-4H3. The maximum Gasteiger partial charge on any atom is 0.330 e. The number of rotatable bonds is 10. The van der Waals surface area contributed by atoms with E-state index in [1.54, 1.807) is 13.8 Å². The van der Waals surface area contributed by atoms with E-state index in [1.807, 2.05) is 6.92 Å². The van der Waals surface area contributed by atoms with Gasteiger partial charge in [-0.2, -0.15) is 0 Å². The van der Waals surface area contributed by atoms with Crippen molar-refractivity contribution in [3.8, 4) is 0 Å². The molecule has 6 nitrogen and oxygen atoms in total. The number of hydrogen-bond donors (Lipinski definition) is 0. The summed E-state index contributed by atoms with van der Waals surface area (Å²) in [7, 11) is 0. The minimum Gasteiger partial charge on any atom is -0.466 e. The van der Waals surface area contributed by atoms with Crippen LogP contribution in [0, 0.1) is 5.41 Å². The Balaban J connectivity index is 3.92. The predicted octanol–water partition coefficient (Wildman–Crippen LogP) is 2.02. The largest absolute Gasteiger partial charge is 0.466 e. The predicted molar refractivity (Wildman–Crippen MR) is 76.4 cm³/mol. The topological polar surface area (TPSA) is 78.9 Å². The molecule has 0 atom stereocenters. The van der Waals surface area contributed by atoms with Crippen molar-refractivity contribution in [2.24, 2.45) is 5.41 Å². The van der Waals surface area contributed by atoms with Crippen LogP contribution >= 0.6 is 0 Å². The summed E-state index contributed by atoms with van der Waals surface area (Å²) in [6.45, 7) is 9.35. The maximum absolute atomic E-state index is 11.5. The van der Waals surface area contributed by atoms with Gasteiger partial charge in [-0.15, -0.1) is 0 Å². The van der Waals surface area contributed by atoms with Crippen molar-refractivity contribution in [3.63, 3.8) is 0 Å². The fraction of sp³-hybridized carbons (Fsp3) is 0.667. The van der Waals surface area contributed by atoms with Gasteiger partial charge in [-0.25, -0.2) is 4.79 Å². The quantitative estimate of drug-likeness (QED) is 0.349. The van der Waals surface area contributed by atoms with Crippen LogP contribution in [0.2, 0.25) is 0 Å². The van der Waals surface area contributed by atoms with Crippen molar-refractivity contribution in [2.45, 2.75) is 40.0 Å². The first kappa shape index (κ1) is 19.1. The third-order valence-electron chi connectivity index (χ3n) is 2.40. The second-order valence-corrected chi connectivity index (χ2v) is 5.36. The Morgan fingerprint density at radius 1 is 1.00 bits per heavy atom. The van der Waals surface area contributed by atoms with Gasteiger partial charge < -0.3 is 14.2 Å². The van der Waals surface area contributed by atoms with Crippen molar-refractivity contribution < 1.29 is 28.6 Å². The zero-order valence-electron chi connectivity index (χ0n) is 13.0. The van der Waals surface area contributed by atoms with Gasteiger partial charge in [0.2, 0.25) is 0 Å². The van der Waals surface area contributed by atoms with Crippen molar-refractivity contribution >= 4 is 17.9 Å². The first-order chi connectivity index (χ1) is 9.80. The molecular formula is C15H24O6. The van der Waals surface area contributed by atoms with Gasteiger partial charge >= 0.3 is 17.9 Å². The van der Waals surface area contributed by atoms with E-state index >= 15 is 0 Å². The van der Waals surface area contributed by atoms with Crippen LogP contribution in [0.1, 0.15) is 40.0 Å². The third kappa shape index (κ3) is 10.6. The molecule has 0 aliphatic carbocycles. The first-order valence-corrected chi connectivity index (χ1v) is 6.91. The maximum atomic E-state index is 11.5. The minimum absolute atomic E-state index is 0.00467. The second kappa shape index (κ2) is 9.96. The second-order valence-electron chi connectivity index (χ2n) is 5.36. The molecule has 0 rings (SSSR count). The van der Waals surface area contributed by atoms with E-state index in [0.717, 1.165) is 12.5 Å². The lowest BCUT2D eigenvalue weighted by atomic mass is 9.96. The van der Waals surface area contributed by atoms with Crippen LogP contribution < -0.4 is 0 Å². The van der Waals surface area contributed by atoms with E-state index in [1.165, 1.54) is 0 Å². The molecule has 0 saturated heterocycles. The molecule has 0 aromatic heterocycles. The first-order valence-electron chi connectivity index (χ1n) is 6.91. The van der Waals surface area contributed by atoms with Gasteiger partial charge in [0.15, 0.2) is 0 Å². The molecule has 0 bridgehead atoms. The highest BCUT2D eigenvalue weighted by atomic mass is 16.5. The highest BCUT2D eigenvalue weighted by molar-refractivity contribution is 5.81. The van der Waals surface area contributed by atoms with Crippen LogP contribution in [0.3, 0.4) is 0 Å². The lowest BCUT2D eigenvalue weighted by Gasteiger charge is -2.23. The van der Waals surface area contributed by atoms with Crippen LogP contribution in [-0.4, -0.2) is 37.7 Å². The van der Waals surface area contributed by atoms with Gasteiger partial charge in [-0.1, -0.05) is 27.4 Å². The smallest absolute Gasteiger partial charge is 0.330 e. The summed E-state index contributed by atoms with van der Waals surface area (Å²) in [4.78, 5) is 33.7. The fourth-order valence-corrected chi connectivity index (χ4v) is 1.21. The molecule has 21 heavy (non-hydrogen) atoms. The Morgan fingerprint density at radius 2 is 1.52 bits per heavy atom. The number of hydrogen-bond acceptors (Lipinski definition) is 6. The van der Waals surface area contributed by atoms with Gasteiger partial charge in [0, 0.05) is 11.5 Å². The summed E-state index contributed by atoms with van der Waals surface area (Å²) >= 11 is 0. The van der Waals surface area contributed by atoms with Crippen LogP contribution in [-0.2, 0) is 28.6 Å². The summed E-state index contributed by atoms with van der Waals surface area (Å²) in [5.74, 6) is -1.41. The lowest BCUT2D eigenvalue weighted by Crippen LogP contribution is -2.28. The molecule has 0 unspecified atom stereocenters. The molecule has 0 amide bonds. The third-order valence-corrected chi connectivity index (χ3v) is 2.40. The summed E-state index contributed by atoms with van der Waals surface area (Å²) in [5.41, 5.74) is -0.503. The highest BCUT2D eigenvalue weighted by Gasteiger charge is 2.22. The van der Waals surface area contributed by atoms with Gasteiger partial charge in [-0.3, -0.25) is 9.59 Å². The Morgan fingerprint density at radius 3 is 2.05 bits per heavy atom. The van der Waals surface area contributed by atoms with E-state index in [0.29, 0.717) is 6.61 Å². The number of ether oxygens (including phenoxy) is 3. The molecule has 0 aromatic rings. The molecule has 0 aliphatic heterocycles. The normalized spacial score (nSPS) is 10.6. The van der Waals surface area contributed by atoms with Crippen LogP contribution in [0.25, 0.3) is 0 Å². The van der Waals surface area contributed by atoms with Crippen LogP contribution in [0.4, 0.5) is 0 Å². The fourth-order valence-electron chi connectivity index (χ4n) is 1.21. The van der Waals surface area contributed by atoms with Gasteiger partial charge in [-0.05, 0) is 6.42 Å². The number of carbonyl (C=O) groups is 3. The molecule has 0 radical (unpaired) electrons. The summed E-state index contributed by atoms with van der Waals surface area (Å²) in [6.07, 6.45) is 1.80. The van der Waals surface area contributed by atoms with Crippen LogP contribution in [0.5, 0.6) is 0 Å². The van der Waals surface area contributed by atoms with E-state index in [-0.39, 0.29) is 26.1 Å². The molecule has 0 heterocycles. The molecule has 0 fully saturated rings. The average molecular weight is 300 g/mol. The minimum atomic E-state index is -0.520. The van der Waals surface area contributed by atoms with Crippen molar-refractivity contribution in [3.05, 3.63) is 12.7 Å². The van der Waals surface area contributed by atoms with E-state index in [2.05, 4.69) is 6.58 Å². The van der Waals surface area contributed by atoms with Gasteiger partial charge in [0.05, 0.1) is 32.7 Å². The average Bonchev–Trinajstić information content (AvgIpc) is 2.46. The van der Waals surface area contributed by atoms with E-state index in [9.17, 15) is 14.4 Å². The molecule has 0 spiro atoms. The van der Waals surface area contributed by atoms with E-state index in [4.69, 9.17) is 14.2 Å². The Hall–Kier alpha value is -1.85. The molecule has 0 aromatic carbocycles. The monoisotopic (exact) mass is 300 g/mol. The van der Waals surface area contributed by atoms with Crippen molar-refractivity contribution in [1.29, 1.82) is 0 Å². The molecule has 0 saturated carbocycles. The summed E-state index contributed by atoms with van der Waals surface area (Å²) < 4.78 is 14.8. The molecular weight excluding hydrogens is 276 g/mol. The zero-order chi connectivity index (χ0) is 16.3. The number of carbonyl (C=O) groups excluding carboxylic acids is 3. The zero-order valence-corrected chi connectivity index (χ0v) is 13.0. The summed E-state index contributed by atoms with van der Waals surface area (Å²) in [6, 6.07) is 0. The van der Waals surface area contributed by atoms with Gasteiger partial charge in [0.25, 0.3) is 0 Å². The van der Waals surface area contributed by atoms with Crippen LogP contribution in [0.15, 0.2) is 12.7 Å². The Bertz CT molecular complexity index is 372. The SMILES string of the molecule is C=CC(=O)OCC(C)(C)COC(=O)CCC(=O)OCCC. The Labute approximate surface area is 125 Å². The molecule has 6 heteroatoms. The van der Waals surface area contributed by atoms with Crippen molar-refractivity contribution in [2.75, 3.05) is 19.8 Å². The Kier molecular flexibility index (Phi) is 9.08.